The van der Waals surface area contributed by atoms with Crippen molar-refractivity contribution in [3.63, 3.8) is 0 Å². The van der Waals surface area contributed by atoms with E-state index in [1.165, 1.54) is 0 Å². The van der Waals surface area contributed by atoms with Crippen LogP contribution in [0.4, 0.5) is 5.82 Å². The van der Waals surface area contributed by atoms with Crippen molar-refractivity contribution in [2.24, 2.45) is 0 Å². The van der Waals surface area contributed by atoms with Gasteiger partial charge in [0.1, 0.15) is 5.82 Å². The van der Waals surface area contributed by atoms with Crippen LogP contribution in [0.1, 0.15) is 19.0 Å². The third kappa shape index (κ3) is 3.80. The summed E-state index contributed by atoms with van der Waals surface area (Å²) in [5, 5.41) is 3.25. The Morgan fingerprint density at radius 1 is 1.30 bits per heavy atom. The first-order valence-electron chi connectivity index (χ1n) is 6.20. The molecule has 0 bridgehead atoms. The molecule has 0 spiro atoms. The van der Waals surface area contributed by atoms with Crippen LogP contribution in [0.5, 0.6) is 0 Å². The molecule has 0 aliphatic rings. The van der Waals surface area contributed by atoms with Crippen LogP contribution < -0.4 is 5.32 Å². The summed E-state index contributed by atoms with van der Waals surface area (Å²) in [5.41, 5.74) is 0.805. The number of nitrogens with zero attached hydrogens (tertiary/aromatic N) is 2. The Labute approximate surface area is 134 Å². The highest BCUT2D eigenvalue weighted by Crippen LogP contribution is 2.31. The van der Waals surface area contributed by atoms with Gasteiger partial charge in [0.15, 0.2) is 16.3 Å². The number of methoxy groups -OCH3 is 1. The SMILES string of the molecule is CCCNc1cc(COC)nc(-c2cc(Br)c(Br)o2)n1. The van der Waals surface area contributed by atoms with Gasteiger partial charge < -0.3 is 14.5 Å². The highest BCUT2D eigenvalue weighted by atomic mass is 79.9. The van der Waals surface area contributed by atoms with Crippen LogP contribution in [0.15, 0.2) is 25.7 Å². The molecule has 0 fully saturated rings. The Morgan fingerprint density at radius 3 is 2.70 bits per heavy atom. The minimum Gasteiger partial charge on any atom is -0.445 e. The first kappa shape index (κ1) is 15.5. The summed E-state index contributed by atoms with van der Waals surface area (Å²) in [4.78, 5) is 8.91. The fourth-order valence-corrected chi connectivity index (χ4v) is 2.21. The molecule has 0 amide bonds. The zero-order valence-corrected chi connectivity index (χ0v) is 14.4. The number of hydrogen-bond acceptors (Lipinski definition) is 5. The monoisotopic (exact) mass is 403 g/mol. The van der Waals surface area contributed by atoms with Crippen LogP contribution in [0.25, 0.3) is 11.6 Å². The van der Waals surface area contributed by atoms with Crippen LogP contribution >= 0.6 is 31.9 Å². The number of hydrogen-bond donors (Lipinski definition) is 1. The lowest BCUT2D eigenvalue weighted by Crippen LogP contribution is -2.05. The van der Waals surface area contributed by atoms with Crippen molar-refractivity contribution in [1.82, 2.24) is 9.97 Å². The summed E-state index contributed by atoms with van der Waals surface area (Å²) in [6.45, 7) is 3.39. The van der Waals surface area contributed by atoms with Crippen molar-refractivity contribution < 1.29 is 9.15 Å². The van der Waals surface area contributed by atoms with Gasteiger partial charge in [-0.3, -0.25) is 0 Å². The molecule has 7 heteroatoms. The second-order valence-electron chi connectivity index (χ2n) is 4.16. The van der Waals surface area contributed by atoms with E-state index < -0.39 is 0 Å². The molecule has 0 atom stereocenters. The molecule has 0 aliphatic carbocycles. The van der Waals surface area contributed by atoms with Crippen molar-refractivity contribution >= 4 is 37.7 Å². The third-order valence-electron chi connectivity index (χ3n) is 2.49. The molecular weight excluding hydrogens is 390 g/mol. The van der Waals surface area contributed by atoms with Gasteiger partial charge in [-0.05, 0) is 38.3 Å². The van der Waals surface area contributed by atoms with E-state index in [-0.39, 0.29) is 0 Å². The zero-order chi connectivity index (χ0) is 14.5. The predicted molar refractivity (Wildman–Crippen MR) is 84.6 cm³/mol. The lowest BCUT2D eigenvalue weighted by molar-refractivity contribution is 0.181. The number of nitrogens with one attached hydrogen (secondary N) is 1. The lowest BCUT2D eigenvalue weighted by Gasteiger charge is -2.08. The molecule has 20 heavy (non-hydrogen) atoms. The van der Waals surface area contributed by atoms with Gasteiger partial charge in [0.05, 0.1) is 16.8 Å². The van der Waals surface area contributed by atoms with Gasteiger partial charge in [-0.15, -0.1) is 0 Å². The van der Waals surface area contributed by atoms with Crippen molar-refractivity contribution in [3.05, 3.63) is 27.0 Å². The molecule has 0 radical (unpaired) electrons. The number of rotatable bonds is 6. The van der Waals surface area contributed by atoms with Crippen LogP contribution in [0.2, 0.25) is 0 Å². The van der Waals surface area contributed by atoms with Gasteiger partial charge in [-0.1, -0.05) is 6.92 Å². The first-order chi connectivity index (χ1) is 9.63. The van der Waals surface area contributed by atoms with Crippen molar-refractivity contribution in [2.75, 3.05) is 19.0 Å². The van der Waals surface area contributed by atoms with Gasteiger partial charge in [-0.25, -0.2) is 9.97 Å². The van der Waals surface area contributed by atoms with Gasteiger partial charge in [0.25, 0.3) is 0 Å². The predicted octanol–water partition coefficient (Wildman–Crippen LogP) is 4.23. The topological polar surface area (TPSA) is 60.2 Å². The van der Waals surface area contributed by atoms with Crippen LogP contribution in [0, 0.1) is 0 Å². The number of furan rings is 1. The van der Waals surface area contributed by atoms with Crippen LogP contribution in [0.3, 0.4) is 0 Å². The summed E-state index contributed by atoms with van der Waals surface area (Å²) >= 11 is 6.70. The van der Waals surface area contributed by atoms with E-state index in [0.29, 0.717) is 22.9 Å². The number of ether oxygens (including phenoxy) is 1. The molecule has 2 aromatic rings. The molecule has 2 rings (SSSR count). The largest absolute Gasteiger partial charge is 0.445 e. The average Bonchev–Trinajstić information content (AvgIpc) is 2.77. The van der Waals surface area contributed by atoms with Gasteiger partial charge in [0.2, 0.25) is 0 Å². The van der Waals surface area contributed by atoms with Crippen LogP contribution in [-0.2, 0) is 11.3 Å². The molecule has 0 unspecified atom stereocenters. The Kier molecular flexibility index (Phi) is 5.56. The van der Waals surface area contributed by atoms with E-state index in [1.54, 1.807) is 7.11 Å². The van der Waals surface area contributed by atoms with E-state index in [0.717, 1.165) is 29.0 Å². The normalized spacial score (nSPS) is 10.8. The highest BCUT2D eigenvalue weighted by molar-refractivity contribution is 9.13. The molecule has 1 N–H and O–H groups in total. The first-order valence-corrected chi connectivity index (χ1v) is 7.78. The van der Waals surface area contributed by atoms with Crippen molar-refractivity contribution in [1.29, 1.82) is 0 Å². The Hall–Kier alpha value is -0.920. The van der Waals surface area contributed by atoms with Gasteiger partial charge in [-0.2, -0.15) is 0 Å². The minimum absolute atomic E-state index is 0.430. The van der Waals surface area contributed by atoms with E-state index in [1.807, 2.05) is 12.1 Å². The molecule has 5 nitrogen and oxygen atoms in total. The standard InChI is InChI=1S/C13H15Br2N3O2/c1-3-4-16-11-5-8(7-19-2)17-13(18-11)10-6-9(14)12(15)20-10/h5-6H,3-4,7H2,1-2H3,(H,16,17,18). The number of anilines is 1. The summed E-state index contributed by atoms with van der Waals surface area (Å²) < 4.78 is 12.2. The maximum Gasteiger partial charge on any atom is 0.198 e. The Bertz CT molecular complexity index is 567. The summed E-state index contributed by atoms with van der Waals surface area (Å²) in [7, 11) is 1.64. The van der Waals surface area contributed by atoms with Gasteiger partial charge in [0, 0.05) is 25.8 Å². The molecule has 0 aromatic carbocycles. The maximum atomic E-state index is 5.57. The summed E-state index contributed by atoms with van der Waals surface area (Å²) in [5.74, 6) is 1.90. The van der Waals surface area contributed by atoms with E-state index in [2.05, 4.69) is 54.1 Å². The van der Waals surface area contributed by atoms with Crippen molar-refractivity contribution in [3.8, 4) is 11.6 Å². The zero-order valence-electron chi connectivity index (χ0n) is 11.2. The molecule has 0 saturated carbocycles. The smallest absolute Gasteiger partial charge is 0.198 e. The quantitative estimate of drug-likeness (QED) is 0.780. The minimum atomic E-state index is 0.430. The summed E-state index contributed by atoms with van der Waals surface area (Å²) in [6, 6.07) is 3.72. The van der Waals surface area contributed by atoms with E-state index in [9.17, 15) is 0 Å². The number of aromatic nitrogens is 2. The molecule has 2 heterocycles. The Morgan fingerprint density at radius 2 is 2.10 bits per heavy atom. The Balaban J connectivity index is 2.37. The molecule has 0 saturated heterocycles. The number of halogens is 2. The molecular formula is C13H15Br2N3O2. The fourth-order valence-electron chi connectivity index (χ4n) is 1.63. The molecule has 2 aromatic heterocycles. The highest BCUT2D eigenvalue weighted by Gasteiger charge is 2.13. The average molecular weight is 405 g/mol. The van der Waals surface area contributed by atoms with E-state index in [4.69, 9.17) is 9.15 Å². The fraction of sp³-hybridized carbons (Fsp3) is 0.385. The molecule has 108 valence electrons. The van der Waals surface area contributed by atoms with Gasteiger partial charge >= 0.3 is 0 Å². The van der Waals surface area contributed by atoms with E-state index >= 15 is 0 Å². The lowest BCUT2D eigenvalue weighted by atomic mass is 10.3. The maximum absolute atomic E-state index is 5.57. The van der Waals surface area contributed by atoms with Crippen LogP contribution in [-0.4, -0.2) is 23.6 Å². The summed E-state index contributed by atoms with van der Waals surface area (Å²) in [6.07, 6.45) is 1.02. The van der Waals surface area contributed by atoms with Crippen molar-refractivity contribution in [2.45, 2.75) is 20.0 Å². The second-order valence-corrected chi connectivity index (χ2v) is 5.73. The third-order valence-corrected chi connectivity index (χ3v) is 4.20. The molecule has 0 aliphatic heterocycles. The second kappa shape index (κ2) is 7.19.